The molecule has 1 aliphatic heterocycles. The Balaban J connectivity index is 1.43. The number of aromatic nitrogens is 1. The average molecular weight is 420 g/mol. The summed E-state index contributed by atoms with van der Waals surface area (Å²) >= 11 is 0. The molecule has 0 bridgehead atoms. The van der Waals surface area contributed by atoms with Gasteiger partial charge in [0.05, 0.1) is 13.2 Å². The highest BCUT2D eigenvalue weighted by atomic mass is 16.5. The standard InChI is InChI=1S/C26H33N3O2/c1-28-20-24(23-9-5-6-10-25(23)28)22(12-11-21-7-3-2-4-8-21)19-26(30)27-13-14-29-15-17-31-18-16-29/h2-10,20,22H,11-19H2,1H3,(H,27,30)/t22-/m0/s1. The highest BCUT2D eigenvalue weighted by Crippen LogP contribution is 2.32. The molecule has 31 heavy (non-hydrogen) atoms. The molecule has 3 aromatic rings. The van der Waals surface area contributed by atoms with Crippen molar-refractivity contribution in [1.29, 1.82) is 0 Å². The number of nitrogens with one attached hydrogen (secondary N) is 1. The predicted molar refractivity (Wildman–Crippen MR) is 125 cm³/mol. The van der Waals surface area contributed by atoms with Gasteiger partial charge in [0, 0.05) is 56.7 Å². The molecule has 1 aliphatic rings. The lowest BCUT2D eigenvalue weighted by molar-refractivity contribution is -0.121. The molecule has 1 N–H and O–H groups in total. The Morgan fingerprint density at radius 2 is 1.81 bits per heavy atom. The Morgan fingerprint density at radius 1 is 1.06 bits per heavy atom. The summed E-state index contributed by atoms with van der Waals surface area (Å²) in [6.45, 7) is 5.06. The smallest absolute Gasteiger partial charge is 0.220 e. The number of carbonyl (C=O) groups excluding carboxylic acids is 1. The van der Waals surface area contributed by atoms with Crippen LogP contribution >= 0.6 is 0 Å². The Hall–Kier alpha value is -2.63. The van der Waals surface area contributed by atoms with Crippen molar-refractivity contribution in [3.63, 3.8) is 0 Å². The van der Waals surface area contributed by atoms with Gasteiger partial charge in [-0.1, -0.05) is 48.5 Å². The maximum Gasteiger partial charge on any atom is 0.220 e. The first kappa shape index (κ1) is 21.6. The van der Waals surface area contributed by atoms with Crippen LogP contribution in [0.2, 0.25) is 0 Å². The fourth-order valence-electron chi connectivity index (χ4n) is 4.53. The van der Waals surface area contributed by atoms with E-state index in [-0.39, 0.29) is 11.8 Å². The summed E-state index contributed by atoms with van der Waals surface area (Å²) in [6, 6.07) is 19.0. The van der Waals surface area contributed by atoms with E-state index in [9.17, 15) is 4.79 Å². The molecule has 2 heterocycles. The number of aryl methyl sites for hydroxylation is 2. The van der Waals surface area contributed by atoms with E-state index in [1.165, 1.54) is 22.0 Å². The van der Waals surface area contributed by atoms with Crippen LogP contribution in [0.4, 0.5) is 0 Å². The van der Waals surface area contributed by atoms with E-state index >= 15 is 0 Å². The van der Waals surface area contributed by atoms with Gasteiger partial charge in [0.1, 0.15) is 0 Å². The third-order valence-corrected chi connectivity index (χ3v) is 6.28. The zero-order valence-electron chi connectivity index (χ0n) is 18.4. The topological polar surface area (TPSA) is 46.5 Å². The first-order valence-electron chi connectivity index (χ1n) is 11.4. The fraction of sp³-hybridized carbons (Fsp3) is 0.423. The highest BCUT2D eigenvalue weighted by Gasteiger charge is 2.21. The van der Waals surface area contributed by atoms with Crippen molar-refractivity contribution >= 4 is 16.8 Å². The van der Waals surface area contributed by atoms with Crippen LogP contribution in [0.5, 0.6) is 0 Å². The molecule has 0 spiro atoms. The van der Waals surface area contributed by atoms with Crippen molar-refractivity contribution in [2.24, 2.45) is 7.05 Å². The van der Waals surface area contributed by atoms with Crippen LogP contribution in [0.15, 0.2) is 60.8 Å². The largest absolute Gasteiger partial charge is 0.379 e. The monoisotopic (exact) mass is 419 g/mol. The van der Waals surface area contributed by atoms with Crippen molar-refractivity contribution < 1.29 is 9.53 Å². The maximum absolute atomic E-state index is 12.9. The zero-order chi connectivity index (χ0) is 21.5. The molecule has 1 aromatic heterocycles. The molecule has 0 unspecified atom stereocenters. The second kappa shape index (κ2) is 10.6. The Morgan fingerprint density at radius 3 is 2.61 bits per heavy atom. The maximum atomic E-state index is 12.9. The van der Waals surface area contributed by atoms with Gasteiger partial charge in [-0.15, -0.1) is 0 Å². The number of benzene rings is 2. The molecule has 0 aliphatic carbocycles. The summed E-state index contributed by atoms with van der Waals surface area (Å²) in [5.41, 5.74) is 3.81. The number of rotatable bonds is 9. The molecular formula is C26H33N3O2. The summed E-state index contributed by atoms with van der Waals surface area (Å²) in [4.78, 5) is 15.2. The number of ether oxygens (including phenoxy) is 1. The molecule has 0 radical (unpaired) electrons. The van der Waals surface area contributed by atoms with E-state index in [0.717, 1.165) is 45.7 Å². The lowest BCUT2D eigenvalue weighted by Gasteiger charge is -2.26. The van der Waals surface area contributed by atoms with Gasteiger partial charge in [0.2, 0.25) is 5.91 Å². The molecule has 4 rings (SSSR count). The number of amides is 1. The minimum absolute atomic E-state index is 0.138. The number of carbonyl (C=O) groups is 1. The summed E-state index contributed by atoms with van der Waals surface area (Å²) in [5, 5.41) is 4.41. The lowest BCUT2D eigenvalue weighted by Crippen LogP contribution is -2.41. The van der Waals surface area contributed by atoms with Crippen LogP contribution < -0.4 is 5.32 Å². The van der Waals surface area contributed by atoms with E-state index in [0.29, 0.717) is 13.0 Å². The number of hydrogen-bond acceptors (Lipinski definition) is 3. The number of para-hydroxylation sites is 1. The van der Waals surface area contributed by atoms with Gasteiger partial charge in [-0.3, -0.25) is 9.69 Å². The Kier molecular flexibility index (Phi) is 7.39. The summed E-state index contributed by atoms with van der Waals surface area (Å²) in [6.07, 6.45) is 4.65. The van der Waals surface area contributed by atoms with Crippen molar-refractivity contribution in [3.8, 4) is 0 Å². The Labute approximate surface area is 185 Å². The molecular weight excluding hydrogens is 386 g/mol. The number of fused-ring (bicyclic) bond motifs is 1. The average Bonchev–Trinajstić information content (AvgIpc) is 3.15. The molecule has 1 amide bonds. The Bertz CT molecular complexity index is 977. The predicted octanol–water partition coefficient (Wildman–Crippen LogP) is 3.73. The second-order valence-corrected chi connectivity index (χ2v) is 8.44. The third-order valence-electron chi connectivity index (χ3n) is 6.28. The van der Waals surface area contributed by atoms with E-state index in [2.05, 4.69) is 76.6 Å². The highest BCUT2D eigenvalue weighted by molar-refractivity contribution is 5.85. The minimum Gasteiger partial charge on any atom is -0.379 e. The first-order chi connectivity index (χ1) is 15.2. The van der Waals surface area contributed by atoms with Gasteiger partial charge in [-0.25, -0.2) is 0 Å². The normalized spacial score (nSPS) is 15.8. The van der Waals surface area contributed by atoms with E-state index in [4.69, 9.17) is 4.74 Å². The van der Waals surface area contributed by atoms with Crippen LogP contribution in [0.3, 0.4) is 0 Å². The second-order valence-electron chi connectivity index (χ2n) is 8.44. The van der Waals surface area contributed by atoms with Crippen molar-refractivity contribution in [3.05, 3.63) is 71.9 Å². The lowest BCUT2D eigenvalue weighted by atomic mass is 9.89. The molecule has 5 heteroatoms. The fourth-order valence-corrected chi connectivity index (χ4v) is 4.53. The molecule has 5 nitrogen and oxygen atoms in total. The number of hydrogen-bond donors (Lipinski definition) is 1. The number of morpholine rings is 1. The van der Waals surface area contributed by atoms with Crippen LogP contribution in [-0.4, -0.2) is 54.8 Å². The molecule has 164 valence electrons. The van der Waals surface area contributed by atoms with Gasteiger partial charge in [-0.05, 0) is 36.0 Å². The molecule has 0 saturated carbocycles. The SMILES string of the molecule is Cn1cc([C@@H](CCc2ccccc2)CC(=O)NCCN2CCOCC2)c2ccccc21. The van der Waals surface area contributed by atoms with E-state index < -0.39 is 0 Å². The van der Waals surface area contributed by atoms with Gasteiger partial charge >= 0.3 is 0 Å². The summed E-state index contributed by atoms with van der Waals surface area (Å²) in [7, 11) is 2.09. The van der Waals surface area contributed by atoms with Crippen LogP contribution in [0, 0.1) is 0 Å². The number of nitrogens with zero attached hydrogens (tertiary/aromatic N) is 2. The van der Waals surface area contributed by atoms with Crippen LogP contribution in [0.1, 0.15) is 29.9 Å². The van der Waals surface area contributed by atoms with E-state index in [1.807, 2.05) is 6.07 Å². The van der Waals surface area contributed by atoms with Crippen LogP contribution in [0.25, 0.3) is 10.9 Å². The van der Waals surface area contributed by atoms with Gasteiger partial charge in [0.15, 0.2) is 0 Å². The van der Waals surface area contributed by atoms with Crippen molar-refractivity contribution in [1.82, 2.24) is 14.8 Å². The van der Waals surface area contributed by atoms with Crippen molar-refractivity contribution in [2.75, 3.05) is 39.4 Å². The summed E-state index contributed by atoms with van der Waals surface area (Å²) < 4.78 is 7.58. The quantitative estimate of drug-likeness (QED) is 0.575. The zero-order valence-corrected chi connectivity index (χ0v) is 18.4. The van der Waals surface area contributed by atoms with Crippen molar-refractivity contribution in [2.45, 2.75) is 25.2 Å². The molecule has 1 fully saturated rings. The van der Waals surface area contributed by atoms with Crippen LogP contribution in [-0.2, 0) is 23.0 Å². The van der Waals surface area contributed by atoms with Gasteiger partial charge in [-0.2, -0.15) is 0 Å². The molecule has 1 atom stereocenters. The summed E-state index contributed by atoms with van der Waals surface area (Å²) in [5.74, 6) is 0.328. The molecule has 1 saturated heterocycles. The van der Waals surface area contributed by atoms with Gasteiger partial charge < -0.3 is 14.6 Å². The third kappa shape index (κ3) is 5.75. The minimum atomic E-state index is 0.138. The molecule has 2 aromatic carbocycles. The first-order valence-corrected chi connectivity index (χ1v) is 11.4. The van der Waals surface area contributed by atoms with E-state index in [1.54, 1.807) is 0 Å². The van der Waals surface area contributed by atoms with Gasteiger partial charge in [0.25, 0.3) is 0 Å².